The van der Waals surface area contributed by atoms with Gasteiger partial charge in [-0.3, -0.25) is 4.68 Å². The topological polar surface area (TPSA) is 72.4 Å². The summed E-state index contributed by atoms with van der Waals surface area (Å²) in [6, 6.07) is 5.08. The number of hydrogen-bond acceptors (Lipinski definition) is 3. The smallest absolute Gasteiger partial charge is 0.337 e. The Labute approximate surface area is 102 Å². The molecule has 18 heavy (non-hydrogen) atoms. The molecule has 0 spiro atoms. The number of carboxylic acids is 1. The summed E-state index contributed by atoms with van der Waals surface area (Å²) in [7, 11) is 1.84. The molecule has 3 rings (SSSR count). The van der Waals surface area contributed by atoms with Crippen molar-refractivity contribution in [3.63, 3.8) is 0 Å². The van der Waals surface area contributed by atoms with E-state index in [1.165, 1.54) is 6.07 Å². The third-order valence-corrected chi connectivity index (χ3v) is 2.78. The van der Waals surface area contributed by atoms with Crippen LogP contribution in [0.5, 0.6) is 0 Å². The zero-order valence-corrected chi connectivity index (χ0v) is 9.61. The van der Waals surface area contributed by atoms with Gasteiger partial charge in [0.15, 0.2) is 0 Å². The molecule has 90 valence electrons. The van der Waals surface area contributed by atoms with Gasteiger partial charge in [0.2, 0.25) is 0 Å². The third-order valence-electron chi connectivity index (χ3n) is 2.78. The number of carbonyl (C=O) groups is 1. The number of fused-ring (bicyclic) bond motifs is 1. The van der Waals surface area contributed by atoms with Crippen LogP contribution in [0.2, 0.25) is 0 Å². The summed E-state index contributed by atoms with van der Waals surface area (Å²) in [5.41, 5.74) is 2.58. The summed E-state index contributed by atoms with van der Waals surface area (Å²) in [6.45, 7) is 0. The average Bonchev–Trinajstić information content (AvgIpc) is 2.92. The normalized spacial score (nSPS) is 10.9. The fraction of sp³-hybridized carbons (Fsp3) is 0.0833. The molecule has 0 aliphatic heterocycles. The lowest BCUT2D eigenvalue weighted by atomic mass is 10.3. The molecule has 1 N–H and O–H groups in total. The lowest BCUT2D eigenvalue weighted by Crippen LogP contribution is -1.97. The van der Waals surface area contributed by atoms with E-state index in [2.05, 4.69) is 10.1 Å². The highest BCUT2D eigenvalue weighted by Crippen LogP contribution is 2.18. The van der Waals surface area contributed by atoms with Crippen molar-refractivity contribution in [2.24, 2.45) is 7.05 Å². The summed E-state index contributed by atoms with van der Waals surface area (Å²) >= 11 is 0. The Morgan fingerprint density at radius 2 is 2.11 bits per heavy atom. The molecule has 0 saturated carbocycles. The van der Waals surface area contributed by atoms with Crippen LogP contribution in [0.3, 0.4) is 0 Å². The Balaban J connectivity index is 2.17. The van der Waals surface area contributed by atoms with Crippen molar-refractivity contribution < 1.29 is 9.90 Å². The van der Waals surface area contributed by atoms with E-state index in [-0.39, 0.29) is 5.56 Å². The Kier molecular flexibility index (Phi) is 2.16. The van der Waals surface area contributed by atoms with Gasteiger partial charge in [0.25, 0.3) is 0 Å². The molecule has 0 fully saturated rings. The minimum Gasteiger partial charge on any atom is -0.478 e. The van der Waals surface area contributed by atoms with Crippen molar-refractivity contribution in [3.8, 4) is 11.4 Å². The predicted octanol–water partition coefficient (Wildman–Crippen LogP) is 1.43. The molecule has 0 bridgehead atoms. The van der Waals surface area contributed by atoms with Gasteiger partial charge in [-0.25, -0.2) is 9.78 Å². The highest BCUT2D eigenvalue weighted by Gasteiger charge is 2.09. The van der Waals surface area contributed by atoms with E-state index in [9.17, 15) is 4.79 Å². The Hall–Kier alpha value is -2.63. The van der Waals surface area contributed by atoms with Crippen molar-refractivity contribution in [3.05, 3.63) is 42.4 Å². The van der Waals surface area contributed by atoms with Crippen LogP contribution >= 0.6 is 0 Å². The summed E-state index contributed by atoms with van der Waals surface area (Å²) < 4.78 is 3.42. The molecule has 0 radical (unpaired) electrons. The lowest BCUT2D eigenvalue weighted by Gasteiger charge is -1.95. The molecule has 6 heteroatoms. The van der Waals surface area contributed by atoms with Gasteiger partial charge in [-0.2, -0.15) is 5.10 Å². The second-order valence-corrected chi connectivity index (χ2v) is 3.95. The maximum atomic E-state index is 10.9. The maximum absolute atomic E-state index is 10.9. The standard InChI is InChI=1S/C12H10N4O2/c1-15-10(4-5-13-15)9-7-16-6-8(12(17)18)2-3-11(16)14-9/h2-7H,1H3,(H,17,18). The van der Waals surface area contributed by atoms with Crippen LogP contribution in [0, 0.1) is 0 Å². The van der Waals surface area contributed by atoms with Gasteiger partial charge >= 0.3 is 5.97 Å². The molecule has 0 unspecified atom stereocenters. The quantitative estimate of drug-likeness (QED) is 0.737. The van der Waals surface area contributed by atoms with Crippen molar-refractivity contribution >= 4 is 11.6 Å². The Bertz CT molecular complexity index is 741. The van der Waals surface area contributed by atoms with Gasteiger partial charge in [0, 0.05) is 25.6 Å². The average molecular weight is 242 g/mol. The fourth-order valence-electron chi connectivity index (χ4n) is 1.87. The number of aromatic carboxylic acids is 1. The molecule has 0 aliphatic rings. The first-order valence-electron chi connectivity index (χ1n) is 5.35. The Morgan fingerprint density at radius 3 is 2.78 bits per heavy atom. The number of imidazole rings is 1. The van der Waals surface area contributed by atoms with Crippen LogP contribution in [-0.2, 0) is 7.05 Å². The highest BCUT2D eigenvalue weighted by molar-refractivity contribution is 5.87. The molecule has 0 amide bonds. The molecule has 6 nitrogen and oxygen atoms in total. The molecule has 0 saturated heterocycles. The van der Waals surface area contributed by atoms with E-state index in [1.54, 1.807) is 33.7 Å². The van der Waals surface area contributed by atoms with Crippen LogP contribution in [0.4, 0.5) is 0 Å². The lowest BCUT2D eigenvalue weighted by molar-refractivity contribution is 0.0696. The van der Waals surface area contributed by atoms with Crippen LogP contribution in [0.25, 0.3) is 17.0 Å². The Morgan fingerprint density at radius 1 is 1.28 bits per heavy atom. The molecule has 0 atom stereocenters. The number of aryl methyl sites for hydroxylation is 1. The first-order valence-corrected chi connectivity index (χ1v) is 5.35. The minimum absolute atomic E-state index is 0.233. The zero-order chi connectivity index (χ0) is 12.7. The second-order valence-electron chi connectivity index (χ2n) is 3.95. The van der Waals surface area contributed by atoms with Gasteiger partial charge in [-0.15, -0.1) is 0 Å². The summed E-state index contributed by atoms with van der Waals surface area (Å²) in [6.07, 6.45) is 5.03. The van der Waals surface area contributed by atoms with E-state index in [4.69, 9.17) is 5.11 Å². The monoisotopic (exact) mass is 242 g/mol. The SMILES string of the molecule is Cn1nccc1-c1cn2cc(C(=O)O)ccc2n1. The van der Waals surface area contributed by atoms with E-state index < -0.39 is 5.97 Å². The van der Waals surface area contributed by atoms with Crippen LogP contribution in [0.15, 0.2) is 36.8 Å². The number of hydrogen-bond donors (Lipinski definition) is 1. The number of carboxylic acid groups (broad SMARTS) is 1. The fourth-order valence-corrected chi connectivity index (χ4v) is 1.87. The molecular formula is C12H10N4O2. The van der Waals surface area contributed by atoms with E-state index >= 15 is 0 Å². The van der Waals surface area contributed by atoms with E-state index in [1.807, 2.05) is 13.1 Å². The van der Waals surface area contributed by atoms with Crippen molar-refractivity contribution in [1.82, 2.24) is 19.2 Å². The van der Waals surface area contributed by atoms with Crippen LogP contribution in [-0.4, -0.2) is 30.2 Å². The van der Waals surface area contributed by atoms with Gasteiger partial charge in [0.05, 0.1) is 11.3 Å². The number of rotatable bonds is 2. The van der Waals surface area contributed by atoms with Crippen LogP contribution < -0.4 is 0 Å². The summed E-state index contributed by atoms with van der Waals surface area (Å²) in [4.78, 5) is 15.3. The largest absolute Gasteiger partial charge is 0.478 e. The maximum Gasteiger partial charge on any atom is 0.337 e. The summed E-state index contributed by atoms with van der Waals surface area (Å²) in [5, 5.41) is 13.0. The minimum atomic E-state index is -0.951. The van der Waals surface area contributed by atoms with Crippen LogP contribution in [0.1, 0.15) is 10.4 Å². The van der Waals surface area contributed by atoms with Crippen molar-refractivity contribution in [2.45, 2.75) is 0 Å². The van der Waals surface area contributed by atoms with Gasteiger partial charge in [-0.05, 0) is 18.2 Å². The van der Waals surface area contributed by atoms with Gasteiger partial charge < -0.3 is 9.51 Å². The third kappa shape index (κ3) is 1.55. The molecule has 3 aromatic heterocycles. The predicted molar refractivity (Wildman–Crippen MR) is 64.4 cm³/mol. The van der Waals surface area contributed by atoms with Gasteiger partial charge in [0.1, 0.15) is 11.3 Å². The molecule has 0 aliphatic carbocycles. The number of nitrogens with zero attached hydrogens (tertiary/aromatic N) is 4. The van der Waals surface area contributed by atoms with E-state index in [0.29, 0.717) is 5.65 Å². The first kappa shape index (κ1) is 10.5. The molecule has 3 heterocycles. The zero-order valence-electron chi connectivity index (χ0n) is 9.61. The number of aromatic nitrogens is 4. The van der Waals surface area contributed by atoms with Crippen molar-refractivity contribution in [1.29, 1.82) is 0 Å². The first-order chi connectivity index (χ1) is 8.65. The molecule has 0 aromatic carbocycles. The highest BCUT2D eigenvalue weighted by atomic mass is 16.4. The number of pyridine rings is 1. The second kappa shape index (κ2) is 3.69. The van der Waals surface area contributed by atoms with E-state index in [0.717, 1.165) is 11.4 Å². The molecule has 3 aromatic rings. The molecular weight excluding hydrogens is 232 g/mol. The van der Waals surface area contributed by atoms with Crippen molar-refractivity contribution in [2.75, 3.05) is 0 Å². The summed E-state index contributed by atoms with van der Waals surface area (Å²) in [5.74, 6) is -0.951. The van der Waals surface area contributed by atoms with Gasteiger partial charge in [-0.1, -0.05) is 0 Å².